The number of nitrogens with one attached hydrogen (secondary N) is 1. The first-order valence-corrected chi connectivity index (χ1v) is 9.59. The molecule has 140 valence electrons. The summed E-state index contributed by atoms with van der Waals surface area (Å²) in [6.45, 7) is 1.75. The van der Waals surface area contributed by atoms with Crippen LogP contribution in [0, 0.1) is 5.82 Å². The molecular formula is C17H19ClFN3O3S. The number of hydrogen-bond acceptors (Lipinski definition) is 3. The van der Waals surface area contributed by atoms with E-state index in [1.807, 2.05) is 0 Å². The molecule has 2 rings (SSSR count). The summed E-state index contributed by atoms with van der Waals surface area (Å²) in [7, 11) is -2.25. The molecule has 0 bridgehead atoms. The lowest BCUT2D eigenvalue weighted by Gasteiger charge is -2.22. The highest BCUT2D eigenvalue weighted by molar-refractivity contribution is 7.89. The Balaban J connectivity index is 2.04. The fourth-order valence-electron chi connectivity index (χ4n) is 2.32. The van der Waals surface area contributed by atoms with Gasteiger partial charge in [-0.15, -0.1) is 0 Å². The van der Waals surface area contributed by atoms with Crippen LogP contribution in [0.2, 0.25) is 5.02 Å². The van der Waals surface area contributed by atoms with Crippen LogP contribution in [0.5, 0.6) is 0 Å². The molecule has 0 saturated heterocycles. The summed E-state index contributed by atoms with van der Waals surface area (Å²) in [5.74, 6) is -0.483. The highest BCUT2D eigenvalue weighted by Crippen LogP contribution is 2.21. The van der Waals surface area contributed by atoms with Gasteiger partial charge in [0.1, 0.15) is 5.82 Å². The molecule has 0 aliphatic rings. The van der Waals surface area contributed by atoms with Gasteiger partial charge in [-0.3, -0.25) is 0 Å². The zero-order valence-electron chi connectivity index (χ0n) is 14.2. The van der Waals surface area contributed by atoms with Crippen molar-refractivity contribution >= 4 is 27.7 Å². The number of amides is 2. The number of halogens is 2. The second kappa shape index (κ2) is 8.03. The van der Waals surface area contributed by atoms with Crippen molar-refractivity contribution < 1.29 is 17.6 Å². The lowest BCUT2D eigenvalue weighted by molar-refractivity contribution is 0.203. The van der Waals surface area contributed by atoms with Gasteiger partial charge in [-0.05, 0) is 36.8 Å². The summed E-state index contributed by atoms with van der Waals surface area (Å²) in [6, 6.07) is 9.39. The molecule has 26 heavy (non-hydrogen) atoms. The average molecular weight is 400 g/mol. The largest absolute Gasteiger partial charge is 0.331 e. The monoisotopic (exact) mass is 399 g/mol. The number of carbonyl (C=O) groups excluding carboxylic acids is 1. The third kappa shape index (κ3) is 4.94. The van der Waals surface area contributed by atoms with Gasteiger partial charge in [-0.2, -0.15) is 0 Å². The molecule has 0 spiro atoms. The first-order chi connectivity index (χ1) is 12.1. The predicted molar refractivity (Wildman–Crippen MR) is 97.6 cm³/mol. The van der Waals surface area contributed by atoms with E-state index in [4.69, 9.17) is 16.7 Å². The summed E-state index contributed by atoms with van der Waals surface area (Å²) in [4.78, 5) is 13.6. The van der Waals surface area contributed by atoms with Gasteiger partial charge in [0.15, 0.2) is 0 Å². The molecule has 0 saturated carbocycles. The zero-order valence-corrected chi connectivity index (χ0v) is 15.8. The number of sulfonamides is 1. The smallest absolute Gasteiger partial charge is 0.317 e. The normalized spacial score (nSPS) is 12.5. The lowest BCUT2D eigenvalue weighted by Crippen LogP contribution is -2.38. The van der Waals surface area contributed by atoms with Crippen molar-refractivity contribution in [3.8, 4) is 0 Å². The Morgan fingerprint density at radius 3 is 2.42 bits per heavy atom. The van der Waals surface area contributed by atoms with E-state index in [-0.39, 0.29) is 22.0 Å². The van der Waals surface area contributed by atoms with Crippen LogP contribution >= 0.6 is 11.6 Å². The SMILES string of the molecule is C[C@@H](NC(=O)N(C)Cc1c(F)cccc1Cl)c1ccc(S(N)(=O)=O)cc1. The minimum absolute atomic E-state index is 0.00825. The van der Waals surface area contributed by atoms with E-state index in [0.717, 1.165) is 0 Å². The molecule has 2 amide bonds. The van der Waals surface area contributed by atoms with Crippen LogP contribution in [0.1, 0.15) is 24.1 Å². The predicted octanol–water partition coefficient (Wildman–Crippen LogP) is 3.03. The molecule has 0 unspecified atom stereocenters. The molecule has 9 heteroatoms. The van der Waals surface area contributed by atoms with Gasteiger partial charge < -0.3 is 10.2 Å². The minimum atomic E-state index is -3.77. The van der Waals surface area contributed by atoms with Gasteiger partial charge in [-0.25, -0.2) is 22.7 Å². The molecule has 3 N–H and O–H groups in total. The Kier molecular flexibility index (Phi) is 6.22. The third-order valence-corrected chi connectivity index (χ3v) is 5.14. The summed E-state index contributed by atoms with van der Waals surface area (Å²) in [5.41, 5.74) is 0.931. The third-order valence-electron chi connectivity index (χ3n) is 3.85. The number of urea groups is 1. The van der Waals surface area contributed by atoms with Gasteiger partial charge in [-0.1, -0.05) is 29.8 Å². The Labute approximate surface area is 156 Å². The van der Waals surface area contributed by atoms with Crippen molar-refractivity contribution in [2.75, 3.05) is 7.05 Å². The minimum Gasteiger partial charge on any atom is -0.331 e. The molecule has 0 radical (unpaired) electrons. The second-order valence-electron chi connectivity index (χ2n) is 5.84. The summed E-state index contributed by atoms with van der Waals surface area (Å²) >= 11 is 5.97. The van der Waals surface area contributed by atoms with E-state index in [9.17, 15) is 17.6 Å². The fraction of sp³-hybridized carbons (Fsp3) is 0.235. The van der Waals surface area contributed by atoms with E-state index in [1.54, 1.807) is 25.1 Å². The van der Waals surface area contributed by atoms with E-state index in [0.29, 0.717) is 5.56 Å². The van der Waals surface area contributed by atoms with Crippen LogP contribution in [-0.4, -0.2) is 26.4 Å². The molecule has 2 aromatic rings. The molecule has 0 fully saturated rings. The van der Waals surface area contributed by atoms with Gasteiger partial charge in [0, 0.05) is 17.6 Å². The average Bonchev–Trinajstić information content (AvgIpc) is 2.57. The highest BCUT2D eigenvalue weighted by Gasteiger charge is 2.17. The van der Waals surface area contributed by atoms with Crippen molar-refractivity contribution in [3.05, 3.63) is 64.4 Å². The van der Waals surface area contributed by atoms with Crippen LogP contribution in [0.4, 0.5) is 9.18 Å². The summed E-state index contributed by atoms with van der Waals surface area (Å²) in [5, 5.41) is 8.06. The Bertz CT molecular complexity index is 884. The quantitative estimate of drug-likeness (QED) is 0.809. The number of nitrogens with two attached hydrogens (primary N) is 1. The Morgan fingerprint density at radius 1 is 1.27 bits per heavy atom. The highest BCUT2D eigenvalue weighted by atomic mass is 35.5. The van der Waals surface area contributed by atoms with Crippen molar-refractivity contribution in [3.63, 3.8) is 0 Å². The maximum Gasteiger partial charge on any atom is 0.317 e. The van der Waals surface area contributed by atoms with Crippen molar-refractivity contribution in [1.29, 1.82) is 0 Å². The number of benzene rings is 2. The Hall–Kier alpha value is -2.16. The second-order valence-corrected chi connectivity index (χ2v) is 7.81. The van der Waals surface area contributed by atoms with Gasteiger partial charge in [0.05, 0.1) is 17.5 Å². The molecular weight excluding hydrogens is 381 g/mol. The van der Waals surface area contributed by atoms with Crippen molar-refractivity contribution in [2.45, 2.75) is 24.4 Å². The molecule has 1 atom stereocenters. The zero-order chi connectivity index (χ0) is 19.5. The number of hydrogen-bond donors (Lipinski definition) is 2. The van der Waals surface area contributed by atoms with E-state index in [1.165, 1.54) is 36.2 Å². The lowest BCUT2D eigenvalue weighted by atomic mass is 10.1. The van der Waals surface area contributed by atoms with Gasteiger partial charge >= 0.3 is 6.03 Å². The maximum atomic E-state index is 13.8. The first-order valence-electron chi connectivity index (χ1n) is 7.67. The van der Waals surface area contributed by atoms with Gasteiger partial charge in [0.25, 0.3) is 0 Å². The van der Waals surface area contributed by atoms with E-state index < -0.39 is 27.9 Å². The topological polar surface area (TPSA) is 92.5 Å². The summed E-state index contributed by atoms with van der Waals surface area (Å²) < 4.78 is 36.4. The Morgan fingerprint density at radius 2 is 1.88 bits per heavy atom. The van der Waals surface area contributed by atoms with Crippen LogP contribution in [-0.2, 0) is 16.6 Å². The van der Waals surface area contributed by atoms with Crippen LogP contribution in [0.25, 0.3) is 0 Å². The number of nitrogens with zero attached hydrogens (tertiary/aromatic N) is 1. The van der Waals surface area contributed by atoms with Crippen molar-refractivity contribution in [1.82, 2.24) is 10.2 Å². The number of rotatable bonds is 5. The fourth-order valence-corrected chi connectivity index (χ4v) is 3.06. The molecule has 2 aromatic carbocycles. The standard InChI is InChI=1S/C17H19ClFN3O3S/c1-11(12-6-8-13(9-7-12)26(20,24)25)21-17(23)22(2)10-14-15(18)4-3-5-16(14)19/h3-9,11H,10H2,1-2H3,(H,21,23)(H2,20,24,25)/t11-/m1/s1. The number of carbonyl (C=O) groups is 1. The number of primary sulfonamides is 1. The van der Waals surface area contributed by atoms with Crippen LogP contribution < -0.4 is 10.5 Å². The molecule has 0 aliphatic heterocycles. The molecule has 0 heterocycles. The van der Waals surface area contributed by atoms with E-state index >= 15 is 0 Å². The molecule has 0 aliphatic carbocycles. The maximum absolute atomic E-state index is 13.8. The summed E-state index contributed by atoms with van der Waals surface area (Å²) in [6.07, 6.45) is 0. The van der Waals surface area contributed by atoms with Crippen molar-refractivity contribution in [2.24, 2.45) is 5.14 Å². The van der Waals surface area contributed by atoms with E-state index in [2.05, 4.69) is 5.32 Å². The molecule has 0 aromatic heterocycles. The van der Waals surface area contributed by atoms with Crippen LogP contribution in [0.3, 0.4) is 0 Å². The molecule has 6 nitrogen and oxygen atoms in total. The van der Waals surface area contributed by atoms with Gasteiger partial charge in [0.2, 0.25) is 10.0 Å². The van der Waals surface area contributed by atoms with Crippen LogP contribution in [0.15, 0.2) is 47.4 Å². The first kappa shape index (κ1) is 20.2.